The van der Waals surface area contributed by atoms with Crippen molar-refractivity contribution in [2.24, 2.45) is 14.1 Å². The predicted octanol–water partition coefficient (Wildman–Crippen LogP) is 4.02. The molecule has 2 aromatic heterocycles. The second kappa shape index (κ2) is 6.70. The van der Waals surface area contributed by atoms with Crippen LogP contribution in [-0.2, 0) is 20.5 Å². The quantitative estimate of drug-likeness (QED) is 0.577. The fourth-order valence-corrected chi connectivity index (χ4v) is 5.59. The van der Waals surface area contributed by atoms with Crippen molar-refractivity contribution in [2.45, 2.75) is 50.1 Å². The summed E-state index contributed by atoms with van der Waals surface area (Å²) in [6.45, 7) is 0. The largest absolute Gasteiger partial charge is 0.327 e. The van der Waals surface area contributed by atoms with E-state index in [4.69, 9.17) is 0 Å². The Bertz CT molecular complexity index is 1280. The summed E-state index contributed by atoms with van der Waals surface area (Å²) < 4.78 is 45.3. The van der Waals surface area contributed by atoms with E-state index in [0.29, 0.717) is 29.3 Å². The number of halogens is 3. The molecule has 2 aliphatic heterocycles. The van der Waals surface area contributed by atoms with Crippen molar-refractivity contribution >= 4 is 5.91 Å². The highest BCUT2D eigenvalue weighted by molar-refractivity contribution is 5.96. The molecule has 32 heavy (non-hydrogen) atoms. The van der Waals surface area contributed by atoms with Gasteiger partial charge >= 0.3 is 0 Å². The highest BCUT2D eigenvalue weighted by atomic mass is 19.2. The van der Waals surface area contributed by atoms with Crippen molar-refractivity contribution in [1.82, 2.24) is 24.5 Å². The highest BCUT2D eigenvalue weighted by Crippen LogP contribution is 2.48. The number of benzene rings is 1. The molecule has 9 heteroatoms. The van der Waals surface area contributed by atoms with Crippen molar-refractivity contribution in [3.63, 3.8) is 0 Å². The standard InChI is InChI=1S/C23H22F3N5O/c1-29-21(11-3-4-11)15(10-27-29)23(32)31-12-5-8-17(31)20-14(9-12)22(30(2)28-20)13-6-7-16(24)19(26)18(13)25/h6-7,10-12,17H,3-5,8-9H2,1-2H3/t12-,17+/m0/s1. The molecule has 0 unspecified atom stereocenters. The Morgan fingerprint density at radius 1 is 1.03 bits per heavy atom. The molecule has 1 saturated carbocycles. The first-order chi connectivity index (χ1) is 15.4. The summed E-state index contributed by atoms with van der Waals surface area (Å²) in [4.78, 5) is 15.5. The fourth-order valence-electron chi connectivity index (χ4n) is 5.59. The minimum absolute atomic E-state index is 0.0115. The van der Waals surface area contributed by atoms with Crippen LogP contribution in [0.4, 0.5) is 13.2 Å². The summed E-state index contributed by atoms with van der Waals surface area (Å²) in [7, 11) is 3.54. The van der Waals surface area contributed by atoms with Crippen LogP contribution in [0.25, 0.3) is 11.3 Å². The Labute approximate surface area is 182 Å². The van der Waals surface area contributed by atoms with E-state index >= 15 is 0 Å². The molecule has 0 spiro atoms. The first-order valence-electron chi connectivity index (χ1n) is 10.9. The zero-order valence-corrected chi connectivity index (χ0v) is 17.8. The third-order valence-corrected chi connectivity index (χ3v) is 7.14. The number of aryl methyl sites for hydroxylation is 2. The van der Waals surface area contributed by atoms with E-state index < -0.39 is 17.5 Å². The third kappa shape index (κ3) is 2.63. The van der Waals surface area contributed by atoms with E-state index in [2.05, 4.69) is 10.2 Å². The van der Waals surface area contributed by atoms with Crippen LogP contribution < -0.4 is 0 Å². The second-order valence-electron chi connectivity index (χ2n) is 9.06. The van der Waals surface area contributed by atoms with Gasteiger partial charge in [0.15, 0.2) is 17.5 Å². The SMILES string of the molecule is Cn1nc2c(c1-c1ccc(F)c(F)c1F)C[C@@H]1CC[C@H]2N1C(=O)c1cnn(C)c1C1CC1. The van der Waals surface area contributed by atoms with Gasteiger partial charge in [-0.1, -0.05) is 0 Å². The molecule has 2 bridgehead atoms. The molecule has 6 rings (SSSR count). The molecule has 1 amide bonds. The van der Waals surface area contributed by atoms with Crippen LogP contribution in [0.5, 0.6) is 0 Å². The van der Waals surface area contributed by atoms with Crippen molar-refractivity contribution < 1.29 is 18.0 Å². The van der Waals surface area contributed by atoms with Crippen LogP contribution in [0, 0.1) is 17.5 Å². The molecule has 2 atom stereocenters. The van der Waals surface area contributed by atoms with Gasteiger partial charge in [0, 0.05) is 37.2 Å². The number of hydrogen-bond acceptors (Lipinski definition) is 3. The number of carbonyl (C=O) groups is 1. The minimum Gasteiger partial charge on any atom is -0.327 e. The number of amides is 1. The number of carbonyl (C=O) groups excluding carboxylic acids is 1. The Hall–Kier alpha value is -3.10. The summed E-state index contributed by atoms with van der Waals surface area (Å²) in [5.74, 6) is -3.58. The molecule has 3 aliphatic rings. The predicted molar refractivity (Wildman–Crippen MR) is 109 cm³/mol. The summed E-state index contributed by atoms with van der Waals surface area (Å²) in [5.41, 5.74) is 3.60. The van der Waals surface area contributed by atoms with Crippen molar-refractivity contribution in [3.05, 3.63) is 58.3 Å². The maximum absolute atomic E-state index is 14.6. The molecule has 0 radical (unpaired) electrons. The van der Waals surface area contributed by atoms with E-state index in [9.17, 15) is 18.0 Å². The Balaban J connectivity index is 1.42. The maximum Gasteiger partial charge on any atom is 0.258 e. The van der Waals surface area contributed by atoms with Gasteiger partial charge in [-0.05, 0) is 44.2 Å². The molecular weight excluding hydrogens is 419 g/mol. The number of rotatable bonds is 3. The van der Waals surface area contributed by atoms with Crippen LogP contribution in [0.15, 0.2) is 18.3 Å². The smallest absolute Gasteiger partial charge is 0.258 e. The van der Waals surface area contributed by atoms with Crippen LogP contribution >= 0.6 is 0 Å². The lowest BCUT2D eigenvalue weighted by Gasteiger charge is -2.34. The second-order valence-corrected chi connectivity index (χ2v) is 9.06. The number of nitrogens with zero attached hydrogens (tertiary/aromatic N) is 5. The lowest BCUT2D eigenvalue weighted by molar-refractivity contribution is 0.0641. The molecule has 1 saturated heterocycles. The monoisotopic (exact) mass is 441 g/mol. The third-order valence-electron chi connectivity index (χ3n) is 7.14. The van der Waals surface area contributed by atoms with Gasteiger partial charge < -0.3 is 4.90 Å². The first kappa shape index (κ1) is 19.6. The Morgan fingerprint density at radius 2 is 1.81 bits per heavy atom. The van der Waals surface area contributed by atoms with Crippen LogP contribution in [-0.4, -0.2) is 36.4 Å². The summed E-state index contributed by atoms with van der Waals surface area (Å²) in [5, 5.41) is 8.95. The van der Waals surface area contributed by atoms with Crippen molar-refractivity contribution in [2.75, 3.05) is 0 Å². The van der Waals surface area contributed by atoms with Gasteiger partial charge in [0.05, 0.1) is 34.9 Å². The van der Waals surface area contributed by atoms with Crippen molar-refractivity contribution in [3.8, 4) is 11.3 Å². The summed E-state index contributed by atoms with van der Waals surface area (Å²) in [6.07, 6.45) is 5.87. The van der Waals surface area contributed by atoms with Gasteiger partial charge in [0.2, 0.25) is 0 Å². The molecule has 166 valence electrons. The van der Waals surface area contributed by atoms with Crippen LogP contribution in [0.2, 0.25) is 0 Å². The molecule has 1 aliphatic carbocycles. The summed E-state index contributed by atoms with van der Waals surface area (Å²) in [6, 6.07) is 1.91. The summed E-state index contributed by atoms with van der Waals surface area (Å²) >= 11 is 0. The minimum atomic E-state index is -1.49. The lowest BCUT2D eigenvalue weighted by atomic mass is 9.93. The molecule has 0 N–H and O–H groups in total. The maximum atomic E-state index is 14.6. The number of hydrogen-bond donors (Lipinski definition) is 0. The molecule has 4 heterocycles. The van der Waals surface area contributed by atoms with E-state index in [1.165, 1.54) is 10.7 Å². The van der Waals surface area contributed by atoms with Crippen LogP contribution in [0.1, 0.15) is 65.0 Å². The van der Waals surface area contributed by atoms with Crippen molar-refractivity contribution in [1.29, 1.82) is 0 Å². The average Bonchev–Trinajstić information content (AvgIpc) is 3.34. The fraction of sp³-hybridized carbons (Fsp3) is 0.435. The molecular formula is C23H22F3N5O. The number of aromatic nitrogens is 4. The van der Waals surface area contributed by atoms with Gasteiger partial charge in [-0.25, -0.2) is 13.2 Å². The van der Waals surface area contributed by atoms with E-state index in [1.54, 1.807) is 17.9 Å². The number of fused-ring (bicyclic) bond motifs is 4. The van der Waals surface area contributed by atoms with E-state index in [0.717, 1.165) is 43.0 Å². The van der Waals surface area contributed by atoms with Gasteiger partial charge in [0.1, 0.15) is 0 Å². The molecule has 3 aromatic rings. The molecule has 6 nitrogen and oxygen atoms in total. The lowest BCUT2D eigenvalue weighted by Crippen LogP contribution is -2.42. The van der Waals surface area contributed by atoms with Gasteiger partial charge in [-0.3, -0.25) is 14.2 Å². The molecule has 1 aromatic carbocycles. The zero-order chi connectivity index (χ0) is 22.3. The Morgan fingerprint density at radius 3 is 2.56 bits per heavy atom. The topological polar surface area (TPSA) is 56.0 Å². The van der Waals surface area contributed by atoms with Gasteiger partial charge in [-0.2, -0.15) is 10.2 Å². The normalized spacial score (nSPS) is 21.8. The van der Waals surface area contributed by atoms with Gasteiger partial charge in [-0.15, -0.1) is 0 Å². The molecule has 2 fully saturated rings. The van der Waals surface area contributed by atoms with Crippen LogP contribution in [0.3, 0.4) is 0 Å². The first-order valence-corrected chi connectivity index (χ1v) is 10.9. The Kier molecular flexibility index (Phi) is 4.10. The van der Waals surface area contributed by atoms with E-state index in [-0.39, 0.29) is 23.6 Å². The average molecular weight is 441 g/mol. The van der Waals surface area contributed by atoms with Gasteiger partial charge in [0.25, 0.3) is 5.91 Å². The zero-order valence-electron chi connectivity index (χ0n) is 17.8. The van der Waals surface area contributed by atoms with E-state index in [1.807, 2.05) is 11.9 Å². The highest BCUT2D eigenvalue weighted by Gasteiger charge is 2.47.